The molecule has 0 saturated heterocycles. The van der Waals surface area contributed by atoms with E-state index < -0.39 is 9.84 Å². The third kappa shape index (κ3) is 4.38. The smallest absolute Gasteiger partial charge is 0.206 e. The van der Waals surface area contributed by atoms with E-state index in [0.717, 1.165) is 5.56 Å². The number of ether oxygens (including phenoxy) is 1. The number of hydrogen-bond donors (Lipinski definition) is 0. The lowest BCUT2D eigenvalue weighted by Crippen LogP contribution is -2.07. The first-order valence-electron chi connectivity index (χ1n) is 8.20. The number of carbonyl (C=O) groups excluding carboxylic acids is 1. The minimum Gasteiger partial charge on any atom is -0.485 e. The van der Waals surface area contributed by atoms with Crippen LogP contribution >= 0.6 is 11.6 Å². The van der Waals surface area contributed by atoms with Gasteiger partial charge in [-0.25, -0.2) is 8.42 Å². The Morgan fingerprint density at radius 1 is 0.926 bits per heavy atom. The Hall–Kier alpha value is -2.63. The molecule has 0 unspecified atom stereocenters. The number of hydrogen-bond acceptors (Lipinski definition) is 4. The standard InChI is InChI=1S/C21H17ClO4S/c1-15(23)14-26-21-12-9-17(22)13-20(21)16-7-10-19(11-8-16)27(24,25)18-5-3-2-4-6-18/h2-13H,14H2,1H3. The summed E-state index contributed by atoms with van der Waals surface area (Å²) in [6.45, 7) is 1.40. The van der Waals surface area contributed by atoms with Crippen molar-refractivity contribution in [2.24, 2.45) is 0 Å². The van der Waals surface area contributed by atoms with Crippen LogP contribution in [0.2, 0.25) is 5.02 Å². The van der Waals surface area contributed by atoms with Gasteiger partial charge in [0.2, 0.25) is 9.84 Å². The van der Waals surface area contributed by atoms with Gasteiger partial charge in [-0.3, -0.25) is 4.79 Å². The number of halogens is 1. The molecule has 0 saturated carbocycles. The quantitative estimate of drug-likeness (QED) is 0.595. The molecular weight excluding hydrogens is 384 g/mol. The fourth-order valence-corrected chi connectivity index (χ4v) is 4.04. The molecule has 3 aromatic rings. The second-order valence-electron chi connectivity index (χ2n) is 5.97. The van der Waals surface area contributed by atoms with E-state index in [0.29, 0.717) is 16.3 Å². The van der Waals surface area contributed by atoms with Crippen LogP contribution in [-0.4, -0.2) is 20.8 Å². The van der Waals surface area contributed by atoms with Crippen molar-refractivity contribution in [3.8, 4) is 16.9 Å². The fourth-order valence-electron chi connectivity index (χ4n) is 2.58. The van der Waals surface area contributed by atoms with E-state index in [9.17, 15) is 13.2 Å². The molecule has 0 atom stereocenters. The van der Waals surface area contributed by atoms with Crippen molar-refractivity contribution in [2.45, 2.75) is 16.7 Å². The van der Waals surface area contributed by atoms with Crippen LogP contribution in [0.15, 0.2) is 82.6 Å². The predicted octanol–water partition coefficient (Wildman–Crippen LogP) is 4.81. The van der Waals surface area contributed by atoms with Gasteiger partial charge >= 0.3 is 0 Å². The summed E-state index contributed by atoms with van der Waals surface area (Å²) in [6.07, 6.45) is 0. The molecule has 3 rings (SSSR count). The highest BCUT2D eigenvalue weighted by molar-refractivity contribution is 7.91. The lowest BCUT2D eigenvalue weighted by Gasteiger charge is -2.12. The highest BCUT2D eigenvalue weighted by Crippen LogP contribution is 2.34. The first kappa shape index (κ1) is 19.1. The lowest BCUT2D eigenvalue weighted by atomic mass is 10.0. The van der Waals surface area contributed by atoms with Crippen LogP contribution < -0.4 is 4.74 Å². The van der Waals surface area contributed by atoms with E-state index in [4.69, 9.17) is 16.3 Å². The maximum Gasteiger partial charge on any atom is 0.206 e. The van der Waals surface area contributed by atoms with Crippen LogP contribution in [-0.2, 0) is 14.6 Å². The molecule has 27 heavy (non-hydrogen) atoms. The molecule has 0 spiro atoms. The molecule has 0 heterocycles. The first-order valence-corrected chi connectivity index (χ1v) is 10.1. The first-order chi connectivity index (χ1) is 12.9. The van der Waals surface area contributed by atoms with E-state index in [-0.39, 0.29) is 22.2 Å². The Bertz CT molecular complexity index is 1060. The normalized spacial score (nSPS) is 11.2. The van der Waals surface area contributed by atoms with E-state index in [1.165, 1.54) is 6.92 Å². The summed E-state index contributed by atoms with van der Waals surface area (Å²) < 4.78 is 30.9. The fraction of sp³-hybridized carbons (Fsp3) is 0.0952. The van der Waals surface area contributed by atoms with Crippen molar-refractivity contribution in [3.05, 3.63) is 77.8 Å². The van der Waals surface area contributed by atoms with Gasteiger partial charge < -0.3 is 4.74 Å². The number of carbonyl (C=O) groups is 1. The molecule has 0 aliphatic rings. The van der Waals surface area contributed by atoms with Crippen LogP contribution in [0.25, 0.3) is 11.1 Å². The molecule has 0 radical (unpaired) electrons. The van der Waals surface area contributed by atoms with E-state index in [1.54, 1.807) is 72.8 Å². The van der Waals surface area contributed by atoms with Crippen LogP contribution in [0.4, 0.5) is 0 Å². The molecule has 0 bridgehead atoms. The zero-order valence-corrected chi connectivity index (χ0v) is 16.1. The molecular formula is C21H17ClO4S. The highest BCUT2D eigenvalue weighted by atomic mass is 35.5. The summed E-state index contributed by atoms with van der Waals surface area (Å²) in [6, 6.07) is 19.8. The Kier molecular flexibility index (Phi) is 5.63. The Labute approximate surface area is 163 Å². The van der Waals surface area contributed by atoms with Crippen molar-refractivity contribution in [1.82, 2.24) is 0 Å². The summed E-state index contributed by atoms with van der Waals surface area (Å²) in [5.74, 6) is 0.411. The molecule has 6 heteroatoms. The molecule has 0 aliphatic heterocycles. The van der Waals surface area contributed by atoms with E-state index >= 15 is 0 Å². The van der Waals surface area contributed by atoms with Gasteiger partial charge in [0.15, 0.2) is 5.78 Å². The van der Waals surface area contributed by atoms with Crippen molar-refractivity contribution in [1.29, 1.82) is 0 Å². The molecule has 0 fully saturated rings. The monoisotopic (exact) mass is 400 g/mol. The summed E-state index contributed by atoms with van der Waals surface area (Å²) in [7, 11) is -3.58. The van der Waals surface area contributed by atoms with Gasteiger partial charge in [0.1, 0.15) is 12.4 Å². The SMILES string of the molecule is CC(=O)COc1ccc(Cl)cc1-c1ccc(S(=O)(=O)c2ccccc2)cc1. The van der Waals surface area contributed by atoms with Gasteiger partial charge in [-0.2, -0.15) is 0 Å². The molecule has 0 aliphatic carbocycles. The summed E-state index contributed by atoms with van der Waals surface area (Å²) in [5, 5.41) is 0.515. The third-order valence-electron chi connectivity index (χ3n) is 3.90. The molecule has 138 valence electrons. The van der Waals surface area contributed by atoms with Crippen LogP contribution in [0.3, 0.4) is 0 Å². The summed E-state index contributed by atoms with van der Waals surface area (Å²) >= 11 is 6.09. The van der Waals surface area contributed by atoms with Gasteiger partial charge in [-0.05, 0) is 55.0 Å². The number of benzene rings is 3. The van der Waals surface area contributed by atoms with Gasteiger partial charge in [0, 0.05) is 10.6 Å². The second-order valence-corrected chi connectivity index (χ2v) is 8.36. The average Bonchev–Trinajstić information content (AvgIpc) is 2.67. The van der Waals surface area contributed by atoms with Gasteiger partial charge in [-0.1, -0.05) is 41.9 Å². The number of sulfone groups is 1. The van der Waals surface area contributed by atoms with Gasteiger partial charge in [0.05, 0.1) is 9.79 Å². The number of ketones is 1. The molecule has 3 aromatic carbocycles. The summed E-state index contributed by atoms with van der Waals surface area (Å²) in [4.78, 5) is 11.6. The van der Waals surface area contributed by atoms with Crippen molar-refractivity contribution < 1.29 is 17.9 Å². The van der Waals surface area contributed by atoms with E-state index in [2.05, 4.69) is 0 Å². The minimum atomic E-state index is -3.58. The Balaban J connectivity index is 1.97. The molecule has 0 amide bonds. The topological polar surface area (TPSA) is 60.4 Å². The van der Waals surface area contributed by atoms with Crippen LogP contribution in [0.5, 0.6) is 5.75 Å². The third-order valence-corrected chi connectivity index (χ3v) is 5.92. The Morgan fingerprint density at radius 2 is 1.56 bits per heavy atom. The van der Waals surface area contributed by atoms with Crippen LogP contribution in [0, 0.1) is 0 Å². The number of Topliss-reactive ketones (excluding diaryl/α,β-unsaturated/α-hetero) is 1. The molecule has 0 aromatic heterocycles. The Morgan fingerprint density at radius 3 is 2.19 bits per heavy atom. The largest absolute Gasteiger partial charge is 0.485 e. The van der Waals surface area contributed by atoms with Crippen LogP contribution in [0.1, 0.15) is 6.92 Å². The minimum absolute atomic E-state index is 0.0465. The van der Waals surface area contributed by atoms with Gasteiger partial charge in [-0.15, -0.1) is 0 Å². The maximum atomic E-state index is 12.7. The number of rotatable bonds is 6. The maximum absolute atomic E-state index is 12.7. The zero-order valence-electron chi connectivity index (χ0n) is 14.6. The highest BCUT2D eigenvalue weighted by Gasteiger charge is 2.17. The van der Waals surface area contributed by atoms with Crippen molar-refractivity contribution >= 4 is 27.2 Å². The molecule has 4 nitrogen and oxygen atoms in total. The van der Waals surface area contributed by atoms with Crippen molar-refractivity contribution in [2.75, 3.05) is 6.61 Å². The van der Waals surface area contributed by atoms with E-state index in [1.807, 2.05) is 0 Å². The zero-order chi connectivity index (χ0) is 19.4. The lowest BCUT2D eigenvalue weighted by molar-refractivity contribution is -0.118. The van der Waals surface area contributed by atoms with Gasteiger partial charge in [0.25, 0.3) is 0 Å². The van der Waals surface area contributed by atoms with Crippen molar-refractivity contribution in [3.63, 3.8) is 0 Å². The summed E-state index contributed by atoms with van der Waals surface area (Å²) in [5.41, 5.74) is 1.43. The second kappa shape index (κ2) is 7.94. The molecule has 0 N–H and O–H groups in total. The predicted molar refractivity (Wildman–Crippen MR) is 105 cm³/mol. The average molecular weight is 401 g/mol.